The number of aromatic nitrogens is 1. The monoisotopic (exact) mass is 354 g/mol. The number of hydrogen-bond acceptors (Lipinski definition) is 3. The van der Waals surface area contributed by atoms with E-state index in [1.807, 2.05) is 0 Å². The molecule has 1 aromatic rings. The predicted octanol–water partition coefficient (Wildman–Crippen LogP) is 3.00. The Morgan fingerprint density at radius 3 is 2.67 bits per heavy atom. The Labute approximate surface area is 132 Å². The molecule has 114 valence electrons. The lowest BCUT2D eigenvalue weighted by atomic mass is 9.71. The van der Waals surface area contributed by atoms with Crippen LogP contribution in [0.4, 0.5) is 0 Å². The molecular weight excluding hydrogens is 336 g/mol. The molecule has 1 fully saturated rings. The van der Waals surface area contributed by atoms with Crippen LogP contribution in [-0.4, -0.2) is 28.5 Å². The molecule has 1 aliphatic carbocycles. The van der Waals surface area contributed by atoms with Gasteiger partial charge in [-0.05, 0) is 46.3 Å². The van der Waals surface area contributed by atoms with Crippen LogP contribution in [0.3, 0.4) is 0 Å². The molecule has 0 spiro atoms. The Morgan fingerprint density at radius 1 is 1.33 bits per heavy atom. The summed E-state index contributed by atoms with van der Waals surface area (Å²) in [5.41, 5.74) is 0.0138. The number of nitrogens with zero attached hydrogens (tertiary/aromatic N) is 1. The van der Waals surface area contributed by atoms with Crippen molar-refractivity contribution in [3.05, 3.63) is 28.5 Å². The highest BCUT2D eigenvalue weighted by molar-refractivity contribution is 9.10. The van der Waals surface area contributed by atoms with Crippen LogP contribution < -0.4 is 5.32 Å². The fourth-order valence-corrected chi connectivity index (χ4v) is 3.38. The Morgan fingerprint density at radius 2 is 2.05 bits per heavy atom. The maximum atomic E-state index is 12.2. The molecule has 1 amide bonds. The Hall–Kier alpha value is -1.43. The lowest BCUT2D eigenvalue weighted by Gasteiger charge is -2.36. The number of nitrogens with one attached hydrogen (secondary N) is 1. The number of aliphatic carboxylic acids is 1. The number of carbonyl (C=O) groups is 2. The molecule has 0 atom stereocenters. The summed E-state index contributed by atoms with van der Waals surface area (Å²) in [5.74, 6) is -1.07. The van der Waals surface area contributed by atoms with E-state index in [1.165, 1.54) is 0 Å². The van der Waals surface area contributed by atoms with E-state index in [1.54, 1.807) is 18.3 Å². The number of carbonyl (C=O) groups excluding carboxylic acids is 1. The molecule has 2 rings (SSSR count). The third-order valence-corrected chi connectivity index (χ3v) is 4.68. The van der Waals surface area contributed by atoms with Gasteiger partial charge in [0.2, 0.25) is 0 Å². The number of halogens is 1. The Bertz CT molecular complexity index is 527. The molecule has 5 nitrogen and oxygen atoms in total. The molecule has 0 bridgehead atoms. The van der Waals surface area contributed by atoms with Crippen molar-refractivity contribution in [3.63, 3.8) is 0 Å². The van der Waals surface area contributed by atoms with Crippen LogP contribution in [0.2, 0.25) is 0 Å². The van der Waals surface area contributed by atoms with Crippen molar-refractivity contribution in [3.8, 4) is 0 Å². The van der Waals surface area contributed by atoms with Crippen molar-refractivity contribution in [2.24, 2.45) is 5.41 Å². The SMILES string of the molecule is O=C(O)CC1(CNC(=O)c2ncccc2Br)CCCCC1. The van der Waals surface area contributed by atoms with Gasteiger partial charge >= 0.3 is 5.97 Å². The maximum Gasteiger partial charge on any atom is 0.303 e. The van der Waals surface area contributed by atoms with Gasteiger partial charge in [-0.1, -0.05) is 19.3 Å². The minimum atomic E-state index is -0.801. The molecule has 21 heavy (non-hydrogen) atoms. The van der Waals surface area contributed by atoms with Gasteiger partial charge in [-0.25, -0.2) is 4.98 Å². The van der Waals surface area contributed by atoms with Crippen molar-refractivity contribution in [2.75, 3.05) is 6.54 Å². The van der Waals surface area contributed by atoms with E-state index in [4.69, 9.17) is 5.11 Å². The van der Waals surface area contributed by atoms with E-state index in [-0.39, 0.29) is 17.7 Å². The predicted molar refractivity (Wildman–Crippen MR) is 82.0 cm³/mol. The molecule has 6 heteroatoms. The number of hydrogen-bond donors (Lipinski definition) is 2. The van der Waals surface area contributed by atoms with Crippen LogP contribution in [0.25, 0.3) is 0 Å². The van der Waals surface area contributed by atoms with E-state index in [9.17, 15) is 9.59 Å². The van der Waals surface area contributed by atoms with Gasteiger partial charge in [0, 0.05) is 17.2 Å². The molecule has 0 saturated heterocycles. The molecule has 1 saturated carbocycles. The summed E-state index contributed by atoms with van der Waals surface area (Å²) in [5, 5.41) is 12.0. The van der Waals surface area contributed by atoms with Crippen LogP contribution in [0, 0.1) is 5.41 Å². The first-order valence-corrected chi connectivity index (χ1v) is 7.92. The molecular formula is C15H19BrN2O3. The van der Waals surface area contributed by atoms with E-state index in [0.717, 1.165) is 32.1 Å². The van der Waals surface area contributed by atoms with Crippen LogP contribution in [0.1, 0.15) is 49.0 Å². The zero-order valence-electron chi connectivity index (χ0n) is 11.8. The Balaban J connectivity index is 2.03. The van der Waals surface area contributed by atoms with Crippen LogP contribution in [-0.2, 0) is 4.79 Å². The fourth-order valence-electron chi connectivity index (χ4n) is 2.94. The number of rotatable bonds is 5. The summed E-state index contributed by atoms with van der Waals surface area (Å²) in [6, 6.07) is 3.50. The Kier molecular flexibility index (Phi) is 5.33. The minimum Gasteiger partial charge on any atom is -0.481 e. The highest BCUT2D eigenvalue weighted by Gasteiger charge is 2.35. The van der Waals surface area contributed by atoms with Crippen molar-refractivity contribution in [1.82, 2.24) is 10.3 Å². The van der Waals surface area contributed by atoms with Crippen LogP contribution in [0.5, 0.6) is 0 Å². The third kappa shape index (κ3) is 4.27. The van der Waals surface area contributed by atoms with E-state index >= 15 is 0 Å². The summed E-state index contributed by atoms with van der Waals surface area (Å²) >= 11 is 3.30. The molecule has 2 N–H and O–H groups in total. The largest absolute Gasteiger partial charge is 0.481 e. The maximum absolute atomic E-state index is 12.2. The van der Waals surface area contributed by atoms with Gasteiger partial charge in [0.15, 0.2) is 0 Å². The van der Waals surface area contributed by atoms with Gasteiger partial charge in [-0.2, -0.15) is 0 Å². The topological polar surface area (TPSA) is 79.3 Å². The zero-order valence-corrected chi connectivity index (χ0v) is 13.4. The number of carboxylic acids is 1. The normalized spacial score (nSPS) is 17.2. The second-order valence-electron chi connectivity index (χ2n) is 5.65. The van der Waals surface area contributed by atoms with Crippen molar-refractivity contribution in [1.29, 1.82) is 0 Å². The van der Waals surface area contributed by atoms with Gasteiger partial charge in [-0.15, -0.1) is 0 Å². The average molecular weight is 355 g/mol. The van der Waals surface area contributed by atoms with Gasteiger partial charge < -0.3 is 10.4 Å². The first-order valence-electron chi connectivity index (χ1n) is 7.13. The summed E-state index contributed by atoms with van der Waals surface area (Å²) in [4.78, 5) is 27.3. The van der Waals surface area contributed by atoms with E-state index in [2.05, 4.69) is 26.2 Å². The van der Waals surface area contributed by atoms with E-state index in [0.29, 0.717) is 16.7 Å². The highest BCUT2D eigenvalue weighted by Crippen LogP contribution is 2.38. The summed E-state index contributed by atoms with van der Waals surface area (Å²) in [6.07, 6.45) is 6.56. The molecule has 0 aliphatic heterocycles. The fraction of sp³-hybridized carbons (Fsp3) is 0.533. The summed E-state index contributed by atoms with van der Waals surface area (Å²) < 4.78 is 0.637. The summed E-state index contributed by atoms with van der Waals surface area (Å²) in [6.45, 7) is 0.390. The average Bonchev–Trinajstić information content (AvgIpc) is 2.46. The lowest BCUT2D eigenvalue weighted by Crippen LogP contribution is -2.40. The van der Waals surface area contributed by atoms with Crippen molar-refractivity contribution < 1.29 is 14.7 Å². The molecule has 1 aliphatic rings. The standard InChI is InChI=1S/C15H19BrN2O3/c16-11-5-4-8-17-13(11)14(21)18-10-15(9-12(19)20)6-2-1-3-7-15/h4-5,8H,1-3,6-7,9-10H2,(H,18,21)(H,19,20). The van der Waals surface area contributed by atoms with Gasteiger partial charge in [0.1, 0.15) is 5.69 Å². The first-order chi connectivity index (χ1) is 10.0. The summed E-state index contributed by atoms with van der Waals surface area (Å²) in [7, 11) is 0. The molecule has 1 heterocycles. The second kappa shape index (κ2) is 7.02. The molecule has 1 aromatic heterocycles. The third-order valence-electron chi connectivity index (χ3n) is 4.04. The first kappa shape index (κ1) is 15.9. The number of carboxylic acid groups (broad SMARTS) is 1. The van der Waals surface area contributed by atoms with Crippen molar-refractivity contribution >= 4 is 27.8 Å². The van der Waals surface area contributed by atoms with Gasteiger partial charge in [-0.3, -0.25) is 9.59 Å². The van der Waals surface area contributed by atoms with Crippen LogP contribution >= 0.6 is 15.9 Å². The van der Waals surface area contributed by atoms with Crippen LogP contribution in [0.15, 0.2) is 22.8 Å². The quantitative estimate of drug-likeness (QED) is 0.851. The number of amides is 1. The minimum absolute atomic E-state index is 0.108. The molecule has 0 unspecified atom stereocenters. The van der Waals surface area contributed by atoms with Gasteiger partial charge in [0.25, 0.3) is 5.91 Å². The molecule has 0 radical (unpaired) electrons. The zero-order chi connectivity index (χ0) is 15.3. The lowest BCUT2D eigenvalue weighted by molar-refractivity contribution is -0.140. The second-order valence-corrected chi connectivity index (χ2v) is 6.50. The molecule has 0 aromatic carbocycles. The van der Waals surface area contributed by atoms with Gasteiger partial charge in [0.05, 0.1) is 6.42 Å². The van der Waals surface area contributed by atoms with E-state index < -0.39 is 5.97 Å². The van der Waals surface area contributed by atoms with Crippen molar-refractivity contribution in [2.45, 2.75) is 38.5 Å². The highest BCUT2D eigenvalue weighted by atomic mass is 79.9. The number of pyridine rings is 1. The smallest absolute Gasteiger partial charge is 0.303 e.